The largest absolute Gasteiger partial charge is 0.324 e. The van der Waals surface area contributed by atoms with E-state index in [1.54, 1.807) is 0 Å². The Morgan fingerprint density at radius 2 is 2.00 bits per heavy atom. The average molecular weight is 248 g/mol. The monoisotopic (exact) mass is 248 g/mol. The fraction of sp³-hybridized carbons (Fsp3) is 0.429. The van der Waals surface area contributed by atoms with Crippen LogP contribution in [0.25, 0.3) is 0 Å². The Balaban J connectivity index is 0.000000771. The van der Waals surface area contributed by atoms with Gasteiger partial charge in [0.2, 0.25) is 5.91 Å². The molecule has 1 aromatic carbocycles. The molecule has 0 aliphatic carbocycles. The molecule has 1 atom stereocenters. The minimum absolute atomic E-state index is 0.0126. The van der Waals surface area contributed by atoms with E-state index in [2.05, 4.69) is 10.6 Å². The van der Waals surface area contributed by atoms with Gasteiger partial charge in [-0.15, -0.1) is 0 Å². The summed E-state index contributed by atoms with van der Waals surface area (Å²) in [4.78, 5) is 22.8. The second kappa shape index (κ2) is 6.91. The van der Waals surface area contributed by atoms with Crippen LogP contribution in [0.15, 0.2) is 24.3 Å². The number of hydrogen-bond acceptors (Lipinski definition) is 3. The van der Waals surface area contributed by atoms with Gasteiger partial charge in [-0.1, -0.05) is 32.0 Å². The molecule has 0 saturated heterocycles. The number of nitrogens with one attached hydrogen (secondary N) is 2. The van der Waals surface area contributed by atoms with Crippen molar-refractivity contribution in [3.05, 3.63) is 29.8 Å². The molecule has 0 aromatic heterocycles. The number of hydrogen-bond donors (Lipinski definition) is 2. The molecule has 1 amide bonds. The number of carbonyl (C=O) groups excluding carboxylic acids is 2. The maximum absolute atomic E-state index is 11.8. The number of Topliss-reactive ketones (excluding diaryl/α,β-unsaturated/α-hetero) is 1. The van der Waals surface area contributed by atoms with Crippen molar-refractivity contribution in [2.75, 3.05) is 5.32 Å². The molecule has 0 spiro atoms. The lowest BCUT2D eigenvalue weighted by Crippen LogP contribution is -2.39. The average Bonchev–Trinajstić information content (AvgIpc) is 2.52. The van der Waals surface area contributed by atoms with Gasteiger partial charge < -0.3 is 10.6 Å². The summed E-state index contributed by atoms with van der Waals surface area (Å²) in [5, 5.41) is 5.91. The van der Waals surface area contributed by atoms with Crippen LogP contribution in [0.4, 0.5) is 5.69 Å². The summed E-state index contributed by atoms with van der Waals surface area (Å²) < 4.78 is 0. The van der Waals surface area contributed by atoms with E-state index in [0.29, 0.717) is 6.54 Å². The Morgan fingerprint density at radius 1 is 1.33 bits per heavy atom. The van der Waals surface area contributed by atoms with Gasteiger partial charge in [0.05, 0.1) is 6.04 Å². The maximum atomic E-state index is 11.8. The second-order valence-corrected chi connectivity index (χ2v) is 3.99. The summed E-state index contributed by atoms with van der Waals surface area (Å²) in [7, 11) is 0. The van der Waals surface area contributed by atoms with E-state index in [1.165, 1.54) is 6.92 Å². The van der Waals surface area contributed by atoms with E-state index in [-0.39, 0.29) is 18.1 Å². The highest BCUT2D eigenvalue weighted by atomic mass is 16.2. The van der Waals surface area contributed by atoms with Crippen LogP contribution in [-0.2, 0) is 16.1 Å². The smallest absolute Gasteiger partial charge is 0.241 e. The van der Waals surface area contributed by atoms with E-state index in [4.69, 9.17) is 0 Å². The Kier molecular flexibility index (Phi) is 5.52. The first-order valence-electron chi connectivity index (χ1n) is 6.28. The van der Waals surface area contributed by atoms with Crippen molar-refractivity contribution in [1.82, 2.24) is 5.32 Å². The molecule has 98 valence electrons. The lowest BCUT2D eigenvalue weighted by molar-refractivity contribution is -0.123. The van der Waals surface area contributed by atoms with E-state index < -0.39 is 6.04 Å². The summed E-state index contributed by atoms with van der Waals surface area (Å²) in [6.45, 7) is 6.10. The van der Waals surface area contributed by atoms with E-state index in [9.17, 15) is 9.59 Å². The molecule has 0 bridgehead atoms. The minimum atomic E-state index is -0.426. The zero-order valence-corrected chi connectivity index (χ0v) is 11.1. The molecule has 2 rings (SSSR count). The van der Waals surface area contributed by atoms with Gasteiger partial charge in [-0.05, 0) is 18.6 Å². The first kappa shape index (κ1) is 14.4. The van der Waals surface area contributed by atoms with Crippen LogP contribution in [0.1, 0.15) is 32.8 Å². The molecule has 1 aliphatic rings. The van der Waals surface area contributed by atoms with Crippen LogP contribution in [-0.4, -0.2) is 17.7 Å². The topological polar surface area (TPSA) is 58.2 Å². The van der Waals surface area contributed by atoms with Gasteiger partial charge in [-0.25, -0.2) is 0 Å². The minimum Gasteiger partial charge on any atom is -0.324 e. The molecule has 1 unspecified atom stereocenters. The Labute approximate surface area is 108 Å². The quantitative estimate of drug-likeness (QED) is 0.842. The highest BCUT2D eigenvalue weighted by Gasteiger charge is 2.23. The zero-order valence-electron chi connectivity index (χ0n) is 11.1. The number of anilines is 1. The van der Waals surface area contributed by atoms with Crippen LogP contribution in [0.5, 0.6) is 0 Å². The van der Waals surface area contributed by atoms with E-state index in [0.717, 1.165) is 11.3 Å². The summed E-state index contributed by atoms with van der Waals surface area (Å²) in [6, 6.07) is 7.21. The number of amides is 1. The lowest BCUT2D eigenvalue weighted by atomic mass is 10.1. The molecule has 2 N–H and O–H groups in total. The molecule has 18 heavy (non-hydrogen) atoms. The molecule has 4 nitrogen and oxygen atoms in total. The van der Waals surface area contributed by atoms with Gasteiger partial charge in [0.1, 0.15) is 5.78 Å². The Hall–Kier alpha value is -1.68. The summed E-state index contributed by atoms with van der Waals surface area (Å²) >= 11 is 0. The number of fused-ring (bicyclic) bond motifs is 1. The Bertz CT molecular complexity index is 430. The highest BCUT2D eigenvalue weighted by molar-refractivity contribution is 5.98. The normalized spacial score (nSPS) is 17.7. The maximum Gasteiger partial charge on any atom is 0.241 e. The molecule has 0 saturated carbocycles. The fourth-order valence-electron chi connectivity index (χ4n) is 1.79. The van der Waals surface area contributed by atoms with Crippen LogP contribution >= 0.6 is 0 Å². The van der Waals surface area contributed by atoms with E-state index >= 15 is 0 Å². The van der Waals surface area contributed by atoms with Crippen LogP contribution in [0.3, 0.4) is 0 Å². The third-order valence-corrected chi connectivity index (χ3v) is 2.62. The number of carbonyl (C=O) groups is 2. The van der Waals surface area contributed by atoms with Crippen molar-refractivity contribution in [1.29, 1.82) is 0 Å². The molecule has 1 heterocycles. The summed E-state index contributed by atoms with van der Waals surface area (Å²) in [6.07, 6.45) is 0.236. The number of para-hydroxylation sites is 1. The first-order valence-corrected chi connectivity index (χ1v) is 6.28. The molecule has 0 radical (unpaired) electrons. The number of ketones is 1. The van der Waals surface area contributed by atoms with Crippen molar-refractivity contribution >= 4 is 17.4 Å². The SMILES string of the molecule is CC.CC(=O)CC1NCc2ccccc2NC1=O. The van der Waals surface area contributed by atoms with E-state index in [1.807, 2.05) is 38.1 Å². The highest BCUT2D eigenvalue weighted by Crippen LogP contribution is 2.18. The van der Waals surface area contributed by atoms with Gasteiger partial charge in [0, 0.05) is 18.7 Å². The molecule has 1 aromatic rings. The molecular formula is C14H20N2O2. The third-order valence-electron chi connectivity index (χ3n) is 2.62. The van der Waals surface area contributed by atoms with Crippen molar-refractivity contribution in [3.63, 3.8) is 0 Å². The molecular weight excluding hydrogens is 228 g/mol. The molecule has 1 aliphatic heterocycles. The van der Waals surface area contributed by atoms with Gasteiger partial charge in [0.25, 0.3) is 0 Å². The first-order chi connectivity index (χ1) is 8.66. The number of rotatable bonds is 2. The predicted molar refractivity (Wildman–Crippen MR) is 72.3 cm³/mol. The summed E-state index contributed by atoms with van der Waals surface area (Å²) in [5.74, 6) is -0.126. The van der Waals surface area contributed by atoms with Crippen LogP contribution < -0.4 is 10.6 Å². The van der Waals surface area contributed by atoms with Crippen molar-refractivity contribution in [3.8, 4) is 0 Å². The van der Waals surface area contributed by atoms with Crippen molar-refractivity contribution in [2.24, 2.45) is 0 Å². The van der Waals surface area contributed by atoms with Crippen LogP contribution in [0, 0.1) is 0 Å². The lowest BCUT2D eigenvalue weighted by Gasteiger charge is -2.11. The second-order valence-electron chi connectivity index (χ2n) is 3.99. The third kappa shape index (κ3) is 3.67. The summed E-state index contributed by atoms with van der Waals surface area (Å²) in [5.41, 5.74) is 1.87. The van der Waals surface area contributed by atoms with Gasteiger partial charge in [0.15, 0.2) is 0 Å². The molecule has 0 fully saturated rings. The van der Waals surface area contributed by atoms with Crippen molar-refractivity contribution in [2.45, 2.75) is 39.8 Å². The molecule has 4 heteroatoms. The van der Waals surface area contributed by atoms with Crippen LogP contribution in [0.2, 0.25) is 0 Å². The number of benzene rings is 1. The van der Waals surface area contributed by atoms with Gasteiger partial charge in [-0.2, -0.15) is 0 Å². The fourth-order valence-corrected chi connectivity index (χ4v) is 1.79. The van der Waals surface area contributed by atoms with Gasteiger partial charge >= 0.3 is 0 Å². The predicted octanol–water partition coefficient (Wildman–Crippen LogP) is 2.10. The zero-order chi connectivity index (χ0) is 13.5. The standard InChI is InChI=1S/C12H14N2O2.C2H6/c1-8(15)6-11-12(16)14-10-5-3-2-4-9(10)7-13-11;1-2/h2-5,11,13H,6-7H2,1H3,(H,14,16);1-2H3. The Morgan fingerprint density at radius 3 is 2.67 bits per heavy atom. The van der Waals surface area contributed by atoms with Gasteiger partial charge in [-0.3, -0.25) is 9.59 Å². The van der Waals surface area contributed by atoms with Crippen molar-refractivity contribution < 1.29 is 9.59 Å².